The van der Waals surface area contributed by atoms with Crippen LogP contribution in [0.4, 0.5) is 0 Å². The van der Waals surface area contributed by atoms with Crippen LogP contribution >= 0.6 is 0 Å². The molecule has 17 heavy (non-hydrogen) atoms. The molecule has 0 spiro atoms. The van der Waals surface area contributed by atoms with Crippen LogP contribution in [0.2, 0.25) is 0 Å². The molecular weight excluding hydrogens is 212 g/mol. The largest absolute Gasteiger partial charge is 0.365 e. The van der Waals surface area contributed by atoms with Gasteiger partial charge in [-0.1, -0.05) is 12.8 Å². The highest BCUT2D eigenvalue weighted by Gasteiger charge is 2.38. The van der Waals surface area contributed by atoms with Crippen LogP contribution < -0.4 is 0 Å². The highest BCUT2D eigenvalue weighted by atomic mass is 16.2. The lowest BCUT2D eigenvalue weighted by Crippen LogP contribution is -2.39. The molecular formula is C14H20N2O. The number of nitrogens with one attached hydrogen (secondary N) is 1. The molecule has 3 nitrogen and oxygen atoms in total. The zero-order valence-electron chi connectivity index (χ0n) is 10.4. The summed E-state index contributed by atoms with van der Waals surface area (Å²) in [7, 11) is 0. The highest BCUT2D eigenvalue weighted by molar-refractivity contribution is 5.95. The molecule has 1 N–H and O–H groups in total. The van der Waals surface area contributed by atoms with Gasteiger partial charge in [0.1, 0.15) is 0 Å². The number of aryl methyl sites for hydroxylation is 1. The normalized spacial score (nSPS) is 28.2. The Kier molecular flexibility index (Phi) is 2.69. The Morgan fingerprint density at radius 2 is 2.18 bits per heavy atom. The van der Waals surface area contributed by atoms with E-state index in [0.29, 0.717) is 6.04 Å². The summed E-state index contributed by atoms with van der Waals surface area (Å²) in [5.41, 5.74) is 1.85. The van der Waals surface area contributed by atoms with Crippen LogP contribution in [-0.4, -0.2) is 28.4 Å². The Hall–Kier alpha value is -1.25. The van der Waals surface area contributed by atoms with Gasteiger partial charge in [-0.3, -0.25) is 4.79 Å². The first-order valence-corrected chi connectivity index (χ1v) is 6.72. The van der Waals surface area contributed by atoms with Gasteiger partial charge in [-0.25, -0.2) is 0 Å². The molecule has 1 aromatic heterocycles. The molecule has 0 aromatic carbocycles. The standard InChI is InChI=1S/C14H20N2O/c1-10-12(6-8-15-10)14(17)16-9-7-11-4-2-3-5-13(11)16/h6,8,11,13,15H,2-5,7,9H2,1H3. The van der Waals surface area contributed by atoms with Crippen molar-refractivity contribution < 1.29 is 4.79 Å². The lowest BCUT2D eigenvalue weighted by molar-refractivity contribution is 0.0689. The van der Waals surface area contributed by atoms with Gasteiger partial charge in [-0.15, -0.1) is 0 Å². The van der Waals surface area contributed by atoms with Gasteiger partial charge in [0.15, 0.2) is 0 Å². The van der Waals surface area contributed by atoms with Crippen molar-refractivity contribution in [2.75, 3.05) is 6.54 Å². The summed E-state index contributed by atoms with van der Waals surface area (Å²) in [5.74, 6) is 1.00. The number of likely N-dealkylation sites (tertiary alicyclic amines) is 1. The zero-order chi connectivity index (χ0) is 11.8. The van der Waals surface area contributed by atoms with Crippen molar-refractivity contribution in [3.05, 3.63) is 23.5 Å². The van der Waals surface area contributed by atoms with Crippen molar-refractivity contribution in [1.82, 2.24) is 9.88 Å². The van der Waals surface area contributed by atoms with Crippen LogP contribution in [0.15, 0.2) is 12.3 Å². The van der Waals surface area contributed by atoms with E-state index in [0.717, 1.165) is 23.7 Å². The second kappa shape index (κ2) is 4.21. The van der Waals surface area contributed by atoms with E-state index in [9.17, 15) is 4.79 Å². The molecule has 0 radical (unpaired) electrons. The number of carbonyl (C=O) groups excluding carboxylic acids is 1. The number of aromatic nitrogens is 1. The van der Waals surface area contributed by atoms with Crippen molar-refractivity contribution in [3.8, 4) is 0 Å². The third kappa shape index (κ3) is 1.78. The molecule has 1 aromatic rings. The molecule has 1 aliphatic heterocycles. The molecule has 3 heteroatoms. The van der Waals surface area contributed by atoms with Crippen LogP contribution in [0.3, 0.4) is 0 Å². The molecule has 1 amide bonds. The van der Waals surface area contributed by atoms with E-state index < -0.39 is 0 Å². The molecule has 92 valence electrons. The van der Waals surface area contributed by atoms with Crippen LogP contribution in [0.25, 0.3) is 0 Å². The van der Waals surface area contributed by atoms with Gasteiger partial charge in [0.05, 0.1) is 5.56 Å². The summed E-state index contributed by atoms with van der Waals surface area (Å²) >= 11 is 0. The molecule has 1 saturated carbocycles. The van der Waals surface area contributed by atoms with Gasteiger partial charge >= 0.3 is 0 Å². The van der Waals surface area contributed by atoms with E-state index in [-0.39, 0.29) is 5.91 Å². The minimum absolute atomic E-state index is 0.234. The molecule has 0 bridgehead atoms. The maximum Gasteiger partial charge on any atom is 0.255 e. The van der Waals surface area contributed by atoms with Gasteiger partial charge < -0.3 is 9.88 Å². The summed E-state index contributed by atoms with van der Waals surface area (Å²) in [6.07, 6.45) is 8.24. The summed E-state index contributed by atoms with van der Waals surface area (Å²) in [5, 5.41) is 0. The van der Waals surface area contributed by atoms with Crippen molar-refractivity contribution in [1.29, 1.82) is 0 Å². The van der Waals surface area contributed by atoms with Gasteiger partial charge in [-0.2, -0.15) is 0 Å². The number of aromatic amines is 1. The predicted octanol–water partition coefficient (Wildman–Crippen LogP) is 2.73. The Bertz CT molecular complexity index is 424. The summed E-state index contributed by atoms with van der Waals surface area (Å²) < 4.78 is 0. The Labute approximate surface area is 102 Å². The van der Waals surface area contributed by atoms with E-state index in [4.69, 9.17) is 0 Å². The van der Waals surface area contributed by atoms with Crippen molar-refractivity contribution >= 4 is 5.91 Å². The van der Waals surface area contributed by atoms with E-state index in [1.165, 1.54) is 32.1 Å². The Morgan fingerprint density at radius 3 is 2.94 bits per heavy atom. The highest BCUT2D eigenvalue weighted by Crippen LogP contribution is 2.36. The Balaban J connectivity index is 1.81. The lowest BCUT2D eigenvalue weighted by atomic mass is 9.85. The molecule has 1 saturated heterocycles. The SMILES string of the molecule is Cc1[nH]ccc1C(=O)N1CCC2CCCCC21. The molecule has 2 aliphatic rings. The van der Waals surface area contributed by atoms with E-state index in [1.54, 1.807) is 0 Å². The van der Waals surface area contributed by atoms with E-state index in [1.807, 2.05) is 19.2 Å². The first kappa shape index (κ1) is 10.9. The number of carbonyl (C=O) groups is 1. The van der Waals surface area contributed by atoms with Crippen molar-refractivity contribution in [2.24, 2.45) is 5.92 Å². The number of fused-ring (bicyclic) bond motifs is 1. The van der Waals surface area contributed by atoms with Crippen molar-refractivity contribution in [2.45, 2.75) is 45.1 Å². The number of amides is 1. The number of H-pyrrole nitrogens is 1. The van der Waals surface area contributed by atoms with E-state index in [2.05, 4.69) is 9.88 Å². The average molecular weight is 232 g/mol. The summed E-state index contributed by atoms with van der Waals surface area (Å²) in [4.78, 5) is 17.7. The second-order valence-electron chi connectivity index (χ2n) is 5.42. The van der Waals surface area contributed by atoms with Crippen LogP contribution in [0.5, 0.6) is 0 Å². The predicted molar refractivity (Wildman–Crippen MR) is 66.9 cm³/mol. The monoisotopic (exact) mass is 232 g/mol. The van der Waals surface area contributed by atoms with Gasteiger partial charge in [0.2, 0.25) is 0 Å². The average Bonchev–Trinajstić information content (AvgIpc) is 2.94. The Morgan fingerprint density at radius 1 is 1.35 bits per heavy atom. The molecule has 3 rings (SSSR count). The third-order valence-corrected chi connectivity index (χ3v) is 4.46. The number of rotatable bonds is 1. The summed E-state index contributed by atoms with van der Waals surface area (Å²) in [6, 6.07) is 2.43. The molecule has 1 aliphatic carbocycles. The minimum Gasteiger partial charge on any atom is -0.365 e. The minimum atomic E-state index is 0.234. The van der Waals surface area contributed by atoms with Gasteiger partial charge in [-0.05, 0) is 38.2 Å². The van der Waals surface area contributed by atoms with Gasteiger partial charge in [0.25, 0.3) is 5.91 Å². The van der Waals surface area contributed by atoms with Crippen LogP contribution in [0, 0.1) is 12.8 Å². The zero-order valence-corrected chi connectivity index (χ0v) is 10.4. The quantitative estimate of drug-likeness (QED) is 0.794. The fourth-order valence-electron chi connectivity index (χ4n) is 3.50. The number of hydrogen-bond acceptors (Lipinski definition) is 1. The lowest BCUT2D eigenvalue weighted by Gasteiger charge is -2.31. The second-order valence-corrected chi connectivity index (χ2v) is 5.42. The van der Waals surface area contributed by atoms with Crippen LogP contribution in [0.1, 0.15) is 48.2 Å². The number of nitrogens with zero attached hydrogens (tertiary/aromatic N) is 1. The molecule has 2 unspecified atom stereocenters. The third-order valence-electron chi connectivity index (χ3n) is 4.46. The fourth-order valence-corrected chi connectivity index (χ4v) is 3.50. The van der Waals surface area contributed by atoms with Gasteiger partial charge in [0, 0.05) is 24.5 Å². The molecule has 2 heterocycles. The maximum atomic E-state index is 12.5. The molecule has 2 fully saturated rings. The maximum absolute atomic E-state index is 12.5. The smallest absolute Gasteiger partial charge is 0.255 e. The first-order valence-electron chi connectivity index (χ1n) is 6.72. The number of hydrogen-bond donors (Lipinski definition) is 1. The first-order chi connectivity index (χ1) is 8.27. The fraction of sp³-hybridized carbons (Fsp3) is 0.643. The topological polar surface area (TPSA) is 36.1 Å². The van der Waals surface area contributed by atoms with E-state index >= 15 is 0 Å². The van der Waals surface area contributed by atoms with Crippen LogP contribution in [-0.2, 0) is 0 Å². The van der Waals surface area contributed by atoms with Crippen molar-refractivity contribution in [3.63, 3.8) is 0 Å². The molecule has 2 atom stereocenters. The summed E-state index contributed by atoms with van der Waals surface area (Å²) in [6.45, 7) is 2.93.